The van der Waals surface area contributed by atoms with Crippen molar-refractivity contribution < 1.29 is 9.84 Å². The number of fused-ring (bicyclic) bond motifs is 1. The lowest BCUT2D eigenvalue weighted by Gasteiger charge is -2.09. The molecule has 1 atom stereocenters. The zero-order valence-corrected chi connectivity index (χ0v) is 15.1. The van der Waals surface area contributed by atoms with Gasteiger partial charge < -0.3 is 15.2 Å². The highest BCUT2D eigenvalue weighted by Gasteiger charge is 2.19. The van der Waals surface area contributed by atoms with Crippen molar-refractivity contribution in [2.24, 2.45) is 0 Å². The van der Waals surface area contributed by atoms with Crippen LogP contribution in [-0.2, 0) is 0 Å². The number of ether oxygens (including phenoxy) is 1. The van der Waals surface area contributed by atoms with E-state index in [4.69, 9.17) is 4.74 Å². The van der Waals surface area contributed by atoms with Crippen molar-refractivity contribution in [3.63, 3.8) is 0 Å². The van der Waals surface area contributed by atoms with Gasteiger partial charge in [-0.15, -0.1) is 15.3 Å². The van der Waals surface area contributed by atoms with Crippen LogP contribution in [0.15, 0.2) is 48.5 Å². The molecule has 0 aliphatic heterocycles. The first kappa shape index (κ1) is 16.3. The third-order valence-corrected chi connectivity index (χ3v) is 4.93. The number of aromatic hydroxyl groups is 1. The Balaban J connectivity index is 1.63. The molecule has 0 aliphatic rings. The number of phenolic OH excluding ortho intramolecular Hbond substituents is 1. The van der Waals surface area contributed by atoms with Crippen LogP contribution in [-0.4, -0.2) is 32.0 Å². The van der Waals surface area contributed by atoms with Crippen LogP contribution in [0.3, 0.4) is 0 Å². The second kappa shape index (κ2) is 6.64. The van der Waals surface area contributed by atoms with Gasteiger partial charge in [0.2, 0.25) is 10.1 Å². The van der Waals surface area contributed by atoms with E-state index in [9.17, 15) is 5.11 Å². The molecule has 0 spiro atoms. The molecule has 0 amide bonds. The zero-order valence-electron chi connectivity index (χ0n) is 14.2. The molecule has 2 heterocycles. The fourth-order valence-corrected chi connectivity index (χ4v) is 3.46. The van der Waals surface area contributed by atoms with Gasteiger partial charge >= 0.3 is 0 Å². The third-order valence-electron chi connectivity index (χ3n) is 4.12. The minimum absolute atomic E-state index is 0.00244. The molecule has 0 radical (unpaired) electrons. The van der Waals surface area contributed by atoms with Crippen molar-refractivity contribution in [1.82, 2.24) is 19.8 Å². The Labute approximate surface area is 153 Å². The highest BCUT2D eigenvalue weighted by Crippen LogP contribution is 2.29. The van der Waals surface area contributed by atoms with E-state index in [0.717, 1.165) is 32.9 Å². The fraction of sp³-hybridized carbons (Fsp3) is 0.167. The lowest BCUT2D eigenvalue weighted by atomic mass is 10.0. The van der Waals surface area contributed by atoms with E-state index in [1.165, 1.54) is 11.3 Å². The van der Waals surface area contributed by atoms with Crippen molar-refractivity contribution in [3.8, 4) is 11.5 Å². The van der Waals surface area contributed by atoms with Gasteiger partial charge in [-0.1, -0.05) is 36.5 Å². The summed E-state index contributed by atoms with van der Waals surface area (Å²) in [6, 6.07) is 14.8. The number of nitrogens with one attached hydrogen (secondary N) is 1. The lowest BCUT2D eigenvalue weighted by molar-refractivity contribution is 0.415. The average molecular weight is 367 g/mol. The maximum absolute atomic E-state index is 9.46. The Bertz CT molecular complexity index is 1040. The number of hydrogen-bond acceptors (Lipinski definition) is 7. The van der Waals surface area contributed by atoms with Gasteiger partial charge in [-0.05, 0) is 29.8 Å². The van der Waals surface area contributed by atoms with Gasteiger partial charge in [-0.25, -0.2) is 0 Å². The normalized spacial score (nSPS) is 12.2. The second-order valence-electron chi connectivity index (χ2n) is 5.83. The summed E-state index contributed by atoms with van der Waals surface area (Å²) in [5.41, 5.74) is 1.93. The molecule has 0 bridgehead atoms. The van der Waals surface area contributed by atoms with E-state index >= 15 is 0 Å². The summed E-state index contributed by atoms with van der Waals surface area (Å²) in [5, 5.41) is 26.6. The molecule has 0 fully saturated rings. The smallest absolute Gasteiger partial charge is 0.236 e. The highest BCUT2D eigenvalue weighted by molar-refractivity contribution is 7.20. The summed E-state index contributed by atoms with van der Waals surface area (Å²) in [7, 11) is 1.64. The molecule has 0 aliphatic carbocycles. The fourth-order valence-electron chi connectivity index (χ4n) is 2.69. The predicted octanol–water partition coefficient (Wildman–Crippen LogP) is 3.80. The Morgan fingerprint density at radius 1 is 1.15 bits per heavy atom. The molecule has 8 heteroatoms. The molecule has 7 nitrogen and oxygen atoms in total. The first-order chi connectivity index (χ1) is 12.6. The van der Waals surface area contributed by atoms with Crippen molar-refractivity contribution in [2.75, 3.05) is 12.4 Å². The maximum atomic E-state index is 9.46. The van der Waals surface area contributed by atoms with Crippen LogP contribution in [0.5, 0.6) is 11.5 Å². The molecule has 0 saturated heterocycles. The Morgan fingerprint density at radius 3 is 2.73 bits per heavy atom. The lowest BCUT2D eigenvalue weighted by Crippen LogP contribution is -2.03. The number of hydrogen-bond donors (Lipinski definition) is 2. The van der Waals surface area contributed by atoms with Crippen LogP contribution < -0.4 is 10.1 Å². The molecule has 2 aromatic heterocycles. The summed E-state index contributed by atoms with van der Waals surface area (Å²) in [4.78, 5) is 0.719. The minimum atomic E-state index is -0.00244. The van der Waals surface area contributed by atoms with Gasteiger partial charge in [0, 0.05) is 17.7 Å². The maximum Gasteiger partial charge on any atom is 0.236 e. The highest BCUT2D eigenvalue weighted by atomic mass is 32.1. The summed E-state index contributed by atoms with van der Waals surface area (Å²) < 4.78 is 7.00. The molecular formula is C18H17N5O2S. The van der Waals surface area contributed by atoms with E-state index in [-0.39, 0.29) is 11.7 Å². The standard InChI is InChI=1S/C18H17N5O2S/c1-11(12-6-8-14(24)9-7-12)16-20-21-18-23(16)22-17(26-18)19-13-4-3-5-15(10-13)25-2/h3-11,24H,1-2H3,(H,19,22). The summed E-state index contributed by atoms with van der Waals surface area (Å²) >= 11 is 1.43. The number of phenols is 1. The van der Waals surface area contributed by atoms with E-state index in [0.29, 0.717) is 0 Å². The molecule has 132 valence electrons. The van der Waals surface area contributed by atoms with Crippen LogP contribution >= 0.6 is 11.3 Å². The van der Waals surface area contributed by atoms with E-state index < -0.39 is 0 Å². The first-order valence-corrected chi connectivity index (χ1v) is 8.88. The van der Waals surface area contributed by atoms with Crippen molar-refractivity contribution >= 4 is 27.1 Å². The molecule has 4 rings (SSSR count). The van der Waals surface area contributed by atoms with E-state index in [2.05, 4.69) is 20.6 Å². The Kier molecular flexibility index (Phi) is 4.18. The van der Waals surface area contributed by atoms with Gasteiger partial charge in [0.05, 0.1) is 7.11 Å². The van der Waals surface area contributed by atoms with Crippen molar-refractivity contribution in [2.45, 2.75) is 12.8 Å². The Hall–Kier alpha value is -3.13. The average Bonchev–Trinajstić information content (AvgIpc) is 3.22. The summed E-state index contributed by atoms with van der Waals surface area (Å²) in [6.45, 7) is 2.04. The van der Waals surface area contributed by atoms with E-state index in [1.54, 1.807) is 23.8 Å². The number of aromatic nitrogens is 4. The number of nitrogens with zero attached hydrogens (tertiary/aromatic N) is 4. The molecule has 1 unspecified atom stereocenters. The molecule has 4 aromatic rings. The van der Waals surface area contributed by atoms with Gasteiger partial charge in [0.15, 0.2) is 5.82 Å². The number of methoxy groups -OCH3 is 1. The minimum Gasteiger partial charge on any atom is -0.508 e. The second-order valence-corrected chi connectivity index (χ2v) is 6.79. The largest absolute Gasteiger partial charge is 0.508 e. The van der Waals surface area contributed by atoms with Gasteiger partial charge in [0.25, 0.3) is 0 Å². The van der Waals surface area contributed by atoms with Crippen LogP contribution in [0.4, 0.5) is 10.8 Å². The van der Waals surface area contributed by atoms with Crippen molar-refractivity contribution in [1.29, 1.82) is 0 Å². The van der Waals surface area contributed by atoms with Gasteiger partial charge in [0.1, 0.15) is 11.5 Å². The monoisotopic (exact) mass is 367 g/mol. The predicted molar refractivity (Wildman–Crippen MR) is 101 cm³/mol. The Morgan fingerprint density at radius 2 is 1.96 bits per heavy atom. The first-order valence-electron chi connectivity index (χ1n) is 8.06. The topological polar surface area (TPSA) is 84.6 Å². The summed E-state index contributed by atoms with van der Waals surface area (Å²) in [6.07, 6.45) is 0. The molecule has 26 heavy (non-hydrogen) atoms. The van der Waals surface area contributed by atoms with Crippen LogP contribution in [0.1, 0.15) is 24.2 Å². The zero-order chi connectivity index (χ0) is 18.1. The van der Waals surface area contributed by atoms with Gasteiger partial charge in [-0.3, -0.25) is 0 Å². The third kappa shape index (κ3) is 3.06. The van der Waals surface area contributed by atoms with Crippen LogP contribution in [0, 0.1) is 0 Å². The summed E-state index contributed by atoms with van der Waals surface area (Å²) in [5.74, 6) is 1.77. The van der Waals surface area contributed by atoms with Crippen molar-refractivity contribution in [3.05, 3.63) is 59.9 Å². The quantitative estimate of drug-likeness (QED) is 0.558. The molecule has 0 saturated carbocycles. The number of anilines is 2. The number of benzene rings is 2. The number of rotatable bonds is 5. The molecule has 2 aromatic carbocycles. The van der Waals surface area contributed by atoms with Crippen LogP contribution in [0.25, 0.3) is 4.96 Å². The molecule has 2 N–H and O–H groups in total. The SMILES string of the molecule is COc1cccc(Nc2nn3c(C(C)c4ccc(O)cc4)nnc3s2)c1. The van der Waals surface area contributed by atoms with Gasteiger partial charge in [-0.2, -0.15) is 4.52 Å². The molecular weight excluding hydrogens is 350 g/mol. The van der Waals surface area contributed by atoms with E-state index in [1.807, 2.05) is 43.3 Å². The van der Waals surface area contributed by atoms with Crippen LogP contribution in [0.2, 0.25) is 0 Å².